The van der Waals surface area contributed by atoms with E-state index in [1.165, 1.54) is 24.3 Å². The van der Waals surface area contributed by atoms with Crippen LogP contribution in [0.5, 0.6) is 0 Å². The summed E-state index contributed by atoms with van der Waals surface area (Å²) in [5.41, 5.74) is 0.297. The largest absolute Gasteiger partial charge is 0.467 e. The number of carbonyl (C=O) groups is 2. The Bertz CT molecular complexity index is 580. The molecule has 7 heteroatoms. The van der Waals surface area contributed by atoms with Gasteiger partial charge in [-0.25, -0.2) is 4.79 Å². The summed E-state index contributed by atoms with van der Waals surface area (Å²) < 4.78 is 9.85. The van der Waals surface area contributed by atoms with Crippen LogP contribution in [0.1, 0.15) is 16.1 Å². The van der Waals surface area contributed by atoms with Crippen LogP contribution in [0.3, 0.4) is 0 Å². The van der Waals surface area contributed by atoms with Gasteiger partial charge in [-0.05, 0) is 6.92 Å². The molecule has 1 atom stereocenters. The van der Waals surface area contributed by atoms with Crippen LogP contribution in [0, 0.1) is 6.92 Å². The molecule has 1 aromatic heterocycles. The number of morpholine rings is 1. The third kappa shape index (κ3) is 2.72. The van der Waals surface area contributed by atoms with Crippen molar-refractivity contribution < 1.29 is 19.1 Å². The minimum absolute atomic E-state index is 0.00593. The highest BCUT2D eigenvalue weighted by Crippen LogP contribution is 2.12. The molecule has 2 rings (SSSR count). The first-order valence-corrected chi connectivity index (χ1v) is 6.20. The van der Waals surface area contributed by atoms with Gasteiger partial charge in [-0.15, -0.1) is 0 Å². The van der Waals surface area contributed by atoms with Gasteiger partial charge in [0.05, 0.1) is 20.3 Å². The van der Waals surface area contributed by atoms with Crippen LogP contribution in [-0.2, 0) is 14.3 Å². The summed E-state index contributed by atoms with van der Waals surface area (Å²) in [6.45, 7) is 2.36. The predicted molar refractivity (Wildman–Crippen MR) is 69.5 cm³/mol. The zero-order valence-corrected chi connectivity index (χ0v) is 11.3. The van der Waals surface area contributed by atoms with Crippen molar-refractivity contribution in [3.63, 3.8) is 0 Å². The number of methoxy groups -OCH3 is 1. The van der Waals surface area contributed by atoms with E-state index in [0.29, 0.717) is 12.3 Å². The molecule has 1 aromatic rings. The molecule has 0 saturated carbocycles. The van der Waals surface area contributed by atoms with Gasteiger partial charge in [0.15, 0.2) is 11.5 Å². The van der Waals surface area contributed by atoms with E-state index < -0.39 is 17.9 Å². The lowest BCUT2D eigenvalue weighted by molar-refractivity contribution is -0.151. The molecule has 0 spiro atoms. The maximum atomic E-state index is 12.4. The van der Waals surface area contributed by atoms with Crippen molar-refractivity contribution in [3.05, 3.63) is 33.7 Å². The van der Waals surface area contributed by atoms with Crippen LogP contribution in [0.25, 0.3) is 0 Å². The summed E-state index contributed by atoms with van der Waals surface area (Å²) in [6.07, 6.45) is 1.36. The number of hydrogen-bond donors (Lipinski definition) is 1. The maximum Gasteiger partial charge on any atom is 0.331 e. The molecule has 0 bridgehead atoms. The van der Waals surface area contributed by atoms with Gasteiger partial charge in [0, 0.05) is 24.5 Å². The molecule has 1 saturated heterocycles. The van der Waals surface area contributed by atoms with Gasteiger partial charge in [-0.2, -0.15) is 0 Å². The molecule has 1 aliphatic rings. The fraction of sp³-hybridized carbons (Fsp3) is 0.462. The van der Waals surface area contributed by atoms with E-state index in [2.05, 4.69) is 9.72 Å². The highest BCUT2D eigenvalue weighted by atomic mass is 16.5. The Kier molecular flexibility index (Phi) is 4.19. The van der Waals surface area contributed by atoms with Gasteiger partial charge in [0.25, 0.3) is 5.91 Å². The number of ether oxygens (including phenoxy) is 2. The van der Waals surface area contributed by atoms with Crippen molar-refractivity contribution in [1.82, 2.24) is 9.88 Å². The first-order valence-electron chi connectivity index (χ1n) is 6.20. The van der Waals surface area contributed by atoms with Gasteiger partial charge < -0.3 is 19.4 Å². The van der Waals surface area contributed by atoms with Gasteiger partial charge in [0.1, 0.15) is 5.56 Å². The Morgan fingerprint density at radius 1 is 1.50 bits per heavy atom. The number of esters is 1. The number of hydrogen-bond acceptors (Lipinski definition) is 5. The fourth-order valence-corrected chi connectivity index (χ4v) is 2.07. The Labute approximate surface area is 115 Å². The molecule has 20 heavy (non-hydrogen) atoms. The van der Waals surface area contributed by atoms with Crippen molar-refractivity contribution >= 4 is 11.9 Å². The van der Waals surface area contributed by atoms with Crippen LogP contribution >= 0.6 is 0 Å². The minimum atomic E-state index is -0.818. The Balaban J connectivity index is 2.30. The van der Waals surface area contributed by atoms with Gasteiger partial charge in [0.2, 0.25) is 0 Å². The molecule has 7 nitrogen and oxygen atoms in total. The molecular weight excluding hydrogens is 264 g/mol. The molecule has 1 fully saturated rings. The van der Waals surface area contributed by atoms with Crippen LogP contribution in [-0.4, -0.2) is 54.7 Å². The summed E-state index contributed by atoms with van der Waals surface area (Å²) in [4.78, 5) is 40.1. The first-order chi connectivity index (χ1) is 9.54. The van der Waals surface area contributed by atoms with Gasteiger partial charge >= 0.3 is 5.97 Å². The van der Waals surface area contributed by atoms with Gasteiger partial charge in [-0.3, -0.25) is 9.59 Å². The smallest absolute Gasteiger partial charge is 0.331 e. The van der Waals surface area contributed by atoms with E-state index in [1.54, 1.807) is 6.92 Å². The fourth-order valence-electron chi connectivity index (χ4n) is 2.07. The third-order valence-corrected chi connectivity index (χ3v) is 3.15. The third-order valence-electron chi connectivity index (χ3n) is 3.15. The summed E-state index contributed by atoms with van der Waals surface area (Å²) in [6, 6.07) is 0.530. The molecule has 0 aromatic carbocycles. The standard InChI is InChI=1S/C13H16N2O5/c1-8-5-11(16)9(6-14-8)12(17)15-3-4-20-7-10(15)13(18)19-2/h5-6,10H,3-4,7H2,1-2H3,(H,14,16). The lowest BCUT2D eigenvalue weighted by atomic mass is 10.1. The molecule has 0 aliphatic carbocycles. The highest BCUT2D eigenvalue weighted by Gasteiger charge is 2.34. The normalized spacial score (nSPS) is 18.7. The van der Waals surface area contributed by atoms with E-state index in [0.717, 1.165) is 0 Å². The summed E-state index contributed by atoms with van der Waals surface area (Å²) in [7, 11) is 1.25. The Morgan fingerprint density at radius 3 is 2.90 bits per heavy atom. The van der Waals surface area contributed by atoms with Crippen molar-refractivity contribution in [2.75, 3.05) is 26.9 Å². The molecule has 0 radical (unpaired) electrons. The number of pyridine rings is 1. The number of aryl methyl sites for hydroxylation is 1. The second kappa shape index (κ2) is 5.87. The second-order valence-electron chi connectivity index (χ2n) is 4.51. The monoisotopic (exact) mass is 280 g/mol. The predicted octanol–water partition coefficient (Wildman–Crippen LogP) is -0.303. The lowest BCUT2D eigenvalue weighted by Crippen LogP contribution is -2.53. The molecule has 1 amide bonds. The van der Waals surface area contributed by atoms with Crippen molar-refractivity contribution in [3.8, 4) is 0 Å². The Morgan fingerprint density at radius 2 is 2.25 bits per heavy atom. The number of H-pyrrole nitrogens is 1. The number of aromatic amines is 1. The van der Waals surface area contributed by atoms with Crippen molar-refractivity contribution in [2.45, 2.75) is 13.0 Å². The SMILES string of the molecule is COC(=O)C1COCCN1C(=O)c1c[nH]c(C)cc1=O. The zero-order chi connectivity index (χ0) is 14.7. The number of amides is 1. The molecule has 1 unspecified atom stereocenters. The molecule has 1 N–H and O–H groups in total. The second-order valence-corrected chi connectivity index (χ2v) is 4.51. The van der Waals surface area contributed by atoms with Gasteiger partial charge in [-0.1, -0.05) is 0 Å². The van der Waals surface area contributed by atoms with Crippen LogP contribution in [0.15, 0.2) is 17.1 Å². The average Bonchev–Trinajstić information content (AvgIpc) is 2.46. The Hall–Kier alpha value is -2.15. The van der Waals surface area contributed by atoms with E-state index >= 15 is 0 Å². The average molecular weight is 280 g/mol. The topological polar surface area (TPSA) is 88.7 Å². The number of nitrogens with one attached hydrogen (secondary N) is 1. The van der Waals surface area contributed by atoms with Crippen molar-refractivity contribution in [1.29, 1.82) is 0 Å². The van der Waals surface area contributed by atoms with E-state index in [4.69, 9.17) is 4.74 Å². The van der Waals surface area contributed by atoms with Crippen molar-refractivity contribution in [2.24, 2.45) is 0 Å². The van der Waals surface area contributed by atoms with Crippen LogP contribution < -0.4 is 5.43 Å². The molecule has 2 heterocycles. The minimum Gasteiger partial charge on any atom is -0.467 e. The number of carbonyl (C=O) groups excluding carboxylic acids is 2. The lowest BCUT2D eigenvalue weighted by Gasteiger charge is -2.33. The van der Waals surface area contributed by atoms with E-state index in [1.807, 2.05) is 0 Å². The molecule has 1 aliphatic heterocycles. The van der Waals surface area contributed by atoms with Crippen LogP contribution in [0.2, 0.25) is 0 Å². The number of aromatic nitrogens is 1. The van der Waals surface area contributed by atoms with E-state index in [9.17, 15) is 14.4 Å². The summed E-state index contributed by atoms with van der Waals surface area (Å²) in [5, 5.41) is 0. The number of rotatable bonds is 2. The molecule has 108 valence electrons. The highest BCUT2D eigenvalue weighted by molar-refractivity contribution is 5.96. The maximum absolute atomic E-state index is 12.4. The molecular formula is C13H16N2O5. The quantitative estimate of drug-likeness (QED) is 0.751. The van der Waals surface area contributed by atoms with E-state index in [-0.39, 0.29) is 24.1 Å². The summed E-state index contributed by atoms with van der Waals surface area (Å²) >= 11 is 0. The summed E-state index contributed by atoms with van der Waals surface area (Å²) in [5.74, 6) is -1.05. The van der Waals surface area contributed by atoms with Crippen LogP contribution in [0.4, 0.5) is 0 Å². The number of nitrogens with zero attached hydrogens (tertiary/aromatic N) is 1. The first kappa shape index (κ1) is 14.3. The zero-order valence-electron chi connectivity index (χ0n) is 11.3.